The van der Waals surface area contributed by atoms with E-state index < -0.39 is 10.8 Å². The molecule has 0 radical (unpaired) electrons. The van der Waals surface area contributed by atoms with Crippen LogP contribution in [0.2, 0.25) is 0 Å². The molecule has 0 saturated heterocycles. The number of hydrogen-bond acceptors (Lipinski definition) is 5. The highest BCUT2D eigenvalue weighted by Gasteiger charge is 2.08. The summed E-state index contributed by atoms with van der Waals surface area (Å²) in [6.07, 6.45) is 5.72. The Kier molecular flexibility index (Phi) is 4.60. The molecule has 2 aromatic rings. The summed E-state index contributed by atoms with van der Waals surface area (Å²) in [5, 5.41) is 14.5. The molecule has 0 aliphatic carbocycles. The molecular formula is C14H11N3O4. The van der Waals surface area contributed by atoms with Gasteiger partial charge in [0, 0.05) is 12.3 Å². The van der Waals surface area contributed by atoms with Crippen molar-refractivity contribution in [3.05, 3.63) is 70.2 Å². The number of benzene rings is 1. The number of amides is 1. The molecule has 0 fully saturated rings. The van der Waals surface area contributed by atoms with Crippen LogP contribution in [0.25, 0.3) is 6.08 Å². The van der Waals surface area contributed by atoms with Crippen LogP contribution >= 0.6 is 0 Å². The molecule has 1 N–H and O–H groups in total. The number of nitrogens with zero attached hydrogens (tertiary/aromatic N) is 2. The van der Waals surface area contributed by atoms with Crippen LogP contribution in [0.15, 0.2) is 58.3 Å². The normalized spacial score (nSPS) is 11.0. The number of rotatable bonds is 5. The van der Waals surface area contributed by atoms with E-state index in [2.05, 4.69) is 10.5 Å². The first-order chi connectivity index (χ1) is 10.2. The summed E-state index contributed by atoms with van der Waals surface area (Å²) < 4.78 is 4.88. The second-order valence-electron chi connectivity index (χ2n) is 3.87. The lowest BCUT2D eigenvalue weighted by molar-refractivity contribution is -0.385. The van der Waals surface area contributed by atoms with Gasteiger partial charge in [0.15, 0.2) is 5.76 Å². The van der Waals surface area contributed by atoms with Gasteiger partial charge in [-0.3, -0.25) is 14.9 Å². The smallest absolute Gasteiger partial charge is 0.307 e. The Morgan fingerprint density at radius 1 is 1.29 bits per heavy atom. The first-order valence-electron chi connectivity index (χ1n) is 5.95. The average molecular weight is 285 g/mol. The zero-order valence-electron chi connectivity index (χ0n) is 10.8. The molecule has 0 spiro atoms. The Hall–Kier alpha value is -3.22. The molecule has 1 aromatic carbocycles. The predicted octanol–water partition coefficient (Wildman–Crippen LogP) is 2.62. The fourth-order valence-electron chi connectivity index (χ4n) is 1.54. The van der Waals surface area contributed by atoms with Crippen molar-refractivity contribution in [2.75, 3.05) is 0 Å². The first-order valence-corrected chi connectivity index (χ1v) is 5.95. The molecule has 0 saturated carbocycles. The van der Waals surface area contributed by atoms with Crippen molar-refractivity contribution in [3.8, 4) is 0 Å². The van der Waals surface area contributed by atoms with E-state index in [9.17, 15) is 14.9 Å². The maximum Gasteiger partial charge on any atom is 0.307 e. The van der Waals surface area contributed by atoms with Gasteiger partial charge in [0.1, 0.15) is 0 Å². The summed E-state index contributed by atoms with van der Waals surface area (Å²) in [6, 6.07) is 9.41. The first kappa shape index (κ1) is 14.2. The van der Waals surface area contributed by atoms with E-state index in [0.717, 1.165) is 0 Å². The van der Waals surface area contributed by atoms with E-state index in [1.54, 1.807) is 24.3 Å². The number of hydrogen-bond donors (Lipinski definition) is 1. The van der Waals surface area contributed by atoms with Crippen LogP contribution in [-0.2, 0) is 0 Å². The quantitative estimate of drug-likeness (QED) is 0.518. The van der Waals surface area contributed by atoms with Gasteiger partial charge in [0.2, 0.25) is 0 Å². The molecule has 0 bridgehead atoms. The van der Waals surface area contributed by atoms with Crippen molar-refractivity contribution >= 4 is 23.9 Å². The zero-order valence-corrected chi connectivity index (χ0v) is 10.8. The lowest BCUT2D eigenvalue weighted by Crippen LogP contribution is -2.16. The van der Waals surface area contributed by atoms with Gasteiger partial charge < -0.3 is 4.42 Å². The van der Waals surface area contributed by atoms with Gasteiger partial charge in [-0.05, 0) is 30.4 Å². The maximum absolute atomic E-state index is 11.5. The molecule has 1 aromatic heterocycles. The van der Waals surface area contributed by atoms with Crippen molar-refractivity contribution in [2.45, 2.75) is 0 Å². The van der Waals surface area contributed by atoms with Crippen LogP contribution in [0, 0.1) is 10.1 Å². The molecule has 0 unspecified atom stereocenters. The molecule has 0 aliphatic rings. The van der Waals surface area contributed by atoms with Crippen LogP contribution in [0.5, 0.6) is 0 Å². The monoisotopic (exact) mass is 285 g/mol. The number of para-hydroxylation sites is 1. The van der Waals surface area contributed by atoms with E-state index in [-0.39, 0.29) is 11.4 Å². The van der Waals surface area contributed by atoms with Gasteiger partial charge in [0.25, 0.3) is 5.69 Å². The highest BCUT2D eigenvalue weighted by atomic mass is 16.6. The Morgan fingerprint density at radius 3 is 2.81 bits per heavy atom. The van der Waals surface area contributed by atoms with E-state index in [1.807, 2.05) is 0 Å². The van der Waals surface area contributed by atoms with Gasteiger partial charge in [-0.1, -0.05) is 12.1 Å². The molecule has 2 rings (SSSR count). The van der Waals surface area contributed by atoms with Crippen LogP contribution in [-0.4, -0.2) is 17.0 Å². The fraction of sp³-hybridized carbons (Fsp3) is 0. The Balaban J connectivity index is 1.95. The van der Waals surface area contributed by atoms with Crippen LogP contribution in [0.3, 0.4) is 0 Å². The van der Waals surface area contributed by atoms with Crippen molar-refractivity contribution in [1.82, 2.24) is 5.43 Å². The van der Waals surface area contributed by atoms with Crippen molar-refractivity contribution in [3.63, 3.8) is 0 Å². The molecule has 1 heterocycles. The summed E-state index contributed by atoms with van der Waals surface area (Å²) >= 11 is 0. The number of allylic oxidation sites excluding steroid dienone is 1. The van der Waals surface area contributed by atoms with Crippen LogP contribution in [0.4, 0.5) is 5.69 Å². The minimum atomic E-state index is -0.477. The van der Waals surface area contributed by atoms with Gasteiger partial charge in [-0.25, -0.2) is 5.43 Å². The molecule has 0 aliphatic heterocycles. The number of carbonyl (C=O) groups is 1. The number of nitro groups is 1. The van der Waals surface area contributed by atoms with Crippen LogP contribution in [0.1, 0.15) is 16.1 Å². The van der Waals surface area contributed by atoms with Gasteiger partial charge in [-0.2, -0.15) is 5.10 Å². The molecule has 7 heteroatoms. The van der Waals surface area contributed by atoms with Crippen molar-refractivity contribution < 1.29 is 14.1 Å². The fourth-order valence-corrected chi connectivity index (χ4v) is 1.54. The van der Waals surface area contributed by atoms with Gasteiger partial charge in [0.05, 0.1) is 16.7 Å². The number of nitrogens with one attached hydrogen (secondary N) is 1. The third-order valence-electron chi connectivity index (χ3n) is 2.48. The number of carbonyl (C=O) groups excluding carboxylic acids is 1. The highest BCUT2D eigenvalue weighted by Crippen LogP contribution is 2.18. The lowest BCUT2D eigenvalue weighted by Gasteiger charge is -1.95. The third-order valence-corrected chi connectivity index (χ3v) is 2.48. The van der Waals surface area contributed by atoms with Gasteiger partial charge >= 0.3 is 5.91 Å². The SMILES string of the molecule is O=C(NN=C/C=C\c1ccccc1[N+](=O)[O-])c1ccco1. The standard InChI is InChI=1S/C14H11N3O4/c18-14(13-8-4-10-21-13)16-15-9-3-6-11-5-1-2-7-12(11)17(19)20/h1-10H,(H,16,18)/b6-3-,15-9?. The maximum atomic E-state index is 11.5. The molecule has 7 nitrogen and oxygen atoms in total. The minimum absolute atomic E-state index is 0.00164. The minimum Gasteiger partial charge on any atom is -0.459 e. The summed E-state index contributed by atoms with van der Waals surface area (Å²) in [4.78, 5) is 21.8. The molecule has 21 heavy (non-hydrogen) atoms. The number of nitro benzene ring substituents is 1. The molecule has 1 amide bonds. The number of furan rings is 1. The van der Waals surface area contributed by atoms with Crippen molar-refractivity contribution in [2.24, 2.45) is 5.10 Å². The predicted molar refractivity (Wildman–Crippen MR) is 76.8 cm³/mol. The number of hydrazone groups is 1. The summed E-state index contributed by atoms with van der Waals surface area (Å²) in [5.74, 6) is -0.329. The average Bonchev–Trinajstić information content (AvgIpc) is 3.01. The second-order valence-corrected chi connectivity index (χ2v) is 3.87. The summed E-state index contributed by atoms with van der Waals surface area (Å²) in [6.45, 7) is 0. The van der Waals surface area contributed by atoms with Gasteiger partial charge in [-0.15, -0.1) is 0 Å². The van der Waals surface area contributed by atoms with E-state index in [0.29, 0.717) is 5.56 Å². The summed E-state index contributed by atoms with van der Waals surface area (Å²) in [5.41, 5.74) is 2.71. The Labute approximate surface area is 119 Å². The Bertz CT molecular complexity index is 690. The molecule has 0 atom stereocenters. The van der Waals surface area contributed by atoms with E-state index in [4.69, 9.17) is 4.42 Å². The van der Waals surface area contributed by atoms with E-state index >= 15 is 0 Å². The molecule has 106 valence electrons. The Morgan fingerprint density at radius 2 is 2.10 bits per heavy atom. The van der Waals surface area contributed by atoms with Crippen molar-refractivity contribution in [1.29, 1.82) is 0 Å². The largest absolute Gasteiger partial charge is 0.459 e. The van der Waals surface area contributed by atoms with E-state index in [1.165, 1.54) is 36.8 Å². The lowest BCUT2D eigenvalue weighted by atomic mass is 10.2. The third kappa shape index (κ3) is 3.87. The zero-order chi connectivity index (χ0) is 15.1. The highest BCUT2D eigenvalue weighted by molar-refractivity contribution is 5.92. The van der Waals surface area contributed by atoms with Crippen LogP contribution < -0.4 is 5.43 Å². The second kappa shape index (κ2) is 6.80. The topological polar surface area (TPSA) is 97.7 Å². The molecular weight excluding hydrogens is 274 g/mol. The summed E-state index contributed by atoms with van der Waals surface area (Å²) in [7, 11) is 0.